The summed E-state index contributed by atoms with van der Waals surface area (Å²) in [5.74, 6) is -1.39. The van der Waals surface area contributed by atoms with Crippen LogP contribution in [0.2, 0.25) is 0 Å². The Balaban J connectivity index is 0. The Kier molecular flexibility index (Phi) is 35.9. The zero-order chi connectivity index (χ0) is 29.8. The second-order valence-corrected chi connectivity index (χ2v) is 10.0. The van der Waals surface area contributed by atoms with Crippen LogP contribution < -0.4 is 0 Å². The molecule has 0 aliphatic rings. The molecule has 40 heavy (non-hydrogen) atoms. The fourth-order valence-corrected chi connectivity index (χ4v) is 3.66. The Labute approximate surface area is 246 Å². The average molecular weight is 557 g/mol. The summed E-state index contributed by atoms with van der Waals surface area (Å²) in [4.78, 5) is 20.6. The van der Waals surface area contributed by atoms with E-state index < -0.39 is 11.9 Å². The van der Waals surface area contributed by atoms with Gasteiger partial charge in [0.15, 0.2) is 0 Å². The van der Waals surface area contributed by atoms with Crippen LogP contribution in [0.3, 0.4) is 0 Å². The van der Waals surface area contributed by atoms with Crippen molar-refractivity contribution in [3.05, 3.63) is 72.9 Å². The fraction of sp³-hybridized carbons (Fsp3) is 0.611. The van der Waals surface area contributed by atoms with E-state index in [0.29, 0.717) is 12.8 Å². The average Bonchev–Trinajstić information content (AvgIpc) is 2.93. The van der Waals surface area contributed by atoms with Crippen molar-refractivity contribution >= 4 is 11.9 Å². The quantitative estimate of drug-likeness (QED) is 0.0820. The Morgan fingerprint density at radius 3 is 0.900 bits per heavy atom. The van der Waals surface area contributed by atoms with Gasteiger partial charge in [0.25, 0.3) is 0 Å². The predicted octanol–water partition coefficient (Wildman–Crippen LogP) is 11.3. The number of carboxylic acid groups (broad SMARTS) is 2. The van der Waals surface area contributed by atoms with Crippen molar-refractivity contribution in [3.8, 4) is 0 Å². The van der Waals surface area contributed by atoms with Gasteiger partial charge in [-0.2, -0.15) is 0 Å². The lowest BCUT2D eigenvalue weighted by molar-refractivity contribution is -0.138. The van der Waals surface area contributed by atoms with Crippen LogP contribution in [-0.4, -0.2) is 22.2 Å². The van der Waals surface area contributed by atoms with Crippen LogP contribution in [-0.2, 0) is 9.59 Å². The molecule has 4 heteroatoms. The third-order valence-corrected chi connectivity index (χ3v) is 6.06. The van der Waals surface area contributed by atoms with Crippen LogP contribution >= 0.6 is 0 Å². The first-order valence-corrected chi connectivity index (χ1v) is 15.9. The van der Waals surface area contributed by atoms with Crippen molar-refractivity contribution in [2.75, 3.05) is 0 Å². The Morgan fingerprint density at radius 2 is 0.650 bits per heavy atom. The molecule has 0 aliphatic heterocycles. The predicted molar refractivity (Wildman–Crippen MR) is 174 cm³/mol. The van der Waals surface area contributed by atoms with Gasteiger partial charge in [0, 0.05) is 12.8 Å². The summed E-state index contributed by atoms with van der Waals surface area (Å²) in [7, 11) is 0. The van der Waals surface area contributed by atoms with Crippen LogP contribution in [0.1, 0.15) is 142 Å². The summed E-state index contributed by atoms with van der Waals surface area (Å²) < 4.78 is 0. The maximum absolute atomic E-state index is 10.3. The van der Waals surface area contributed by atoms with E-state index in [1.165, 1.54) is 51.4 Å². The Hall–Kier alpha value is -2.62. The van der Waals surface area contributed by atoms with Crippen molar-refractivity contribution in [1.82, 2.24) is 0 Å². The molecule has 0 saturated carbocycles. The van der Waals surface area contributed by atoms with Gasteiger partial charge in [0.05, 0.1) is 0 Å². The maximum Gasteiger partial charge on any atom is 0.303 e. The molecule has 0 rings (SSSR count). The second-order valence-electron chi connectivity index (χ2n) is 10.0. The minimum Gasteiger partial charge on any atom is -0.481 e. The lowest BCUT2D eigenvalue weighted by Crippen LogP contribution is -1.92. The summed E-state index contributed by atoms with van der Waals surface area (Å²) in [6.45, 7) is 4.46. The zero-order valence-corrected chi connectivity index (χ0v) is 25.8. The normalized spacial score (nSPS) is 12.1. The Bertz CT molecular complexity index is 663. The van der Waals surface area contributed by atoms with Gasteiger partial charge in [0.2, 0.25) is 0 Å². The van der Waals surface area contributed by atoms with E-state index in [9.17, 15) is 9.59 Å². The molecule has 0 atom stereocenters. The number of carbonyl (C=O) groups is 2. The van der Waals surface area contributed by atoms with E-state index in [0.717, 1.165) is 64.2 Å². The molecule has 0 radical (unpaired) electrons. The lowest BCUT2D eigenvalue weighted by atomic mass is 10.2. The zero-order valence-electron chi connectivity index (χ0n) is 25.8. The van der Waals surface area contributed by atoms with Crippen molar-refractivity contribution in [1.29, 1.82) is 0 Å². The van der Waals surface area contributed by atoms with E-state index in [2.05, 4.69) is 86.8 Å². The molecule has 228 valence electrons. The largest absolute Gasteiger partial charge is 0.481 e. The van der Waals surface area contributed by atoms with E-state index >= 15 is 0 Å². The highest BCUT2D eigenvalue weighted by Crippen LogP contribution is 2.04. The molecule has 4 nitrogen and oxygen atoms in total. The molecule has 0 aliphatic carbocycles. The minimum absolute atomic E-state index is 0.290. The standard InChI is InChI=1S/2C18H30O2/c2*1-2-3-4-5-6-7-8-9-10-11-12-13-14-15-16-17-18(19)20/h2*6-7,9-10,12-13H,2-5,8,11,14-17H2,1H3,(H,19,20). The second kappa shape index (κ2) is 36.4. The first-order chi connectivity index (χ1) is 19.5. The third kappa shape index (κ3) is 42.5. The van der Waals surface area contributed by atoms with Crippen LogP contribution in [0, 0.1) is 0 Å². The molecule has 0 spiro atoms. The molecule has 0 aromatic heterocycles. The summed E-state index contributed by atoms with van der Waals surface area (Å²) >= 11 is 0. The van der Waals surface area contributed by atoms with E-state index in [4.69, 9.17) is 10.2 Å². The topological polar surface area (TPSA) is 74.6 Å². The van der Waals surface area contributed by atoms with Gasteiger partial charge in [-0.15, -0.1) is 0 Å². The maximum atomic E-state index is 10.3. The van der Waals surface area contributed by atoms with Crippen LogP contribution in [0.15, 0.2) is 72.9 Å². The molecule has 2 N–H and O–H groups in total. The van der Waals surface area contributed by atoms with E-state index in [-0.39, 0.29) is 0 Å². The molecule has 0 aromatic rings. The number of carboxylic acids is 2. The molecular formula is C36H60O4. The number of aliphatic carboxylic acids is 2. The molecule has 0 unspecified atom stereocenters. The van der Waals surface area contributed by atoms with Crippen LogP contribution in [0.4, 0.5) is 0 Å². The highest BCUT2D eigenvalue weighted by Gasteiger charge is 1.94. The fourth-order valence-electron chi connectivity index (χ4n) is 3.66. The number of hydrogen-bond acceptors (Lipinski definition) is 2. The van der Waals surface area contributed by atoms with Crippen LogP contribution in [0.5, 0.6) is 0 Å². The lowest BCUT2D eigenvalue weighted by Gasteiger charge is -1.92. The smallest absolute Gasteiger partial charge is 0.303 e. The summed E-state index contributed by atoms with van der Waals surface area (Å²) in [5, 5.41) is 17.0. The summed E-state index contributed by atoms with van der Waals surface area (Å²) in [6, 6.07) is 0. The first-order valence-electron chi connectivity index (χ1n) is 15.9. The molecule has 0 bridgehead atoms. The van der Waals surface area contributed by atoms with Gasteiger partial charge < -0.3 is 10.2 Å². The highest BCUT2D eigenvalue weighted by molar-refractivity contribution is 5.66. The van der Waals surface area contributed by atoms with Crippen molar-refractivity contribution < 1.29 is 19.8 Å². The number of allylic oxidation sites excluding steroid dienone is 12. The molecule has 0 aromatic carbocycles. The highest BCUT2D eigenvalue weighted by atomic mass is 16.4. The van der Waals surface area contributed by atoms with Gasteiger partial charge in [-0.3, -0.25) is 9.59 Å². The summed E-state index contributed by atoms with van der Waals surface area (Å²) in [5.41, 5.74) is 0. The van der Waals surface area contributed by atoms with Crippen molar-refractivity contribution in [2.45, 2.75) is 142 Å². The molecule has 0 saturated heterocycles. The van der Waals surface area contributed by atoms with Gasteiger partial charge in [-0.1, -0.05) is 112 Å². The van der Waals surface area contributed by atoms with Gasteiger partial charge >= 0.3 is 11.9 Å². The van der Waals surface area contributed by atoms with E-state index in [1.54, 1.807) is 0 Å². The third-order valence-electron chi connectivity index (χ3n) is 6.06. The first kappa shape index (κ1) is 39.5. The monoisotopic (exact) mass is 556 g/mol. The molecule has 0 fully saturated rings. The molecule has 0 amide bonds. The number of hydrogen-bond donors (Lipinski definition) is 2. The number of unbranched alkanes of at least 4 members (excludes halogenated alkanes) is 10. The van der Waals surface area contributed by atoms with E-state index in [1.807, 2.05) is 0 Å². The SMILES string of the molecule is CCCCCC=CCC=CCC=CCCCCC(=O)O.CCCCCC=CCC=CCC=CCCCCC(=O)O. The minimum atomic E-state index is -0.695. The Morgan fingerprint density at radius 1 is 0.400 bits per heavy atom. The van der Waals surface area contributed by atoms with Crippen molar-refractivity contribution in [3.63, 3.8) is 0 Å². The van der Waals surface area contributed by atoms with Gasteiger partial charge in [-0.25, -0.2) is 0 Å². The number of rotatable bonds is 26. The molecular weight excluding hydrogens is 496 g/mol. The van der Waals surface area contributed by atoms with Crippen LogP contribution in [0.25, 0.3) is 0 Å². The van der Waals surface area contributed by atoms with Crippen molar-refractivity contribution in [2.24, 2.45) is 0 Å². The van der Waals surface area contributed by atoms with Gasteiger partial charge in [0.1, 0.15) is 0 Å². The van der Waals surface area contributed by atoms with Gasteiger partial charge in [-0.05, 0) is 89.9 Å². The molecule has 0 heterocycles. The summed E-state index contributed by atoms with van der Waals surface area (Å²) in [6.07, 6.45) is 46.7.